The largest absolute Gasteiger partial charge is 0.490 e. The van der Waals surface area contributed by atoms with Crippen LogP contribution < -0.4 is 15.4 Å². The normalized spacial score (nSPS) is 19.3. The number of nitrogens with zero attached hydrogens (tertiary/aromatic N) is 3. The molecule has 2 amide bonds. The van der Waals surface area contributed by atoms with Crippen LogP contribution in [0.1, 0.15) is 61.1 Å². The van der Waals surface area contributed by atoms with Gasteiger partial charge in [-0.25, -0.2) is 17.2 Å². The number of likely N-dealkylation sites (tertiary alicyclic amines) is 1. The summed E-state index contributed by atoms with van der Waals surface area (Å²) in [6.45, 7) is 5.80. The molecule has 3 aliphatic heterocycles. The molecule has 2 aromatic carbocycles. The highest BCUT2D eigenvalue weighted by Crippen LogP contribution is 2.44. The first kappa shape index (κ1) is 33.0. The van der Waals surface area contributed by atoms with E-state index in [0.717, 1.165) is 42.4 Å². The van der Waals surface area contributed by atoms with Crippen molar-refractivity contribution in [3.63, 3.8) is 0 Å². The Morgan fingerprint density at radius 3 is 2.38 bits per heavy atom. The number of aromatic nitrogens is 2. The number of fused-ring (bicyclic) bond motifs is 1. The van der Waals surface area contributed by atoms with Crippen LogP contribution >= 0.6 is 0 Å². The maximum atomic E-state index is 14.0. The molecule has 0 spiro atoms. The van der Waals surface area contributed by atoms with Crippen LogP contribution in [0.25, 0.3) is 0 Å². The van der Waals surface area contributed by atoms with Gasteiger partial charge >= 0.3 is 0 Å². The molecule has 12 nitrogen and oxygen atoms in total. The van der Waals surface area contributed by atoms with Crippen molar-refractivity contribution in [2.75, 3.05) is 44.0 Å². The topological polar surface area (TPSA) is 146 Å². The number of nitrogens with one attached hydrogen (secondary N) is 3. The monoisotopic (exact) mass is 672 g/mol. The summed E-state index contributed by atoms with van der Waals surface area (Å²) in [6, 6.07) is 7.03. The molecule has 0 radical (unpaired) electrons. The van der Waals surface area contributed by atoms with E-state index in [9.17, 15) is 26.8 Å². The third kappa shape index (κ3) is 6.75. The first-order valence-electron chi connectivity index (χ1n) is 15.6. The van der Waals surface area contributed by atoms with E-state index in [1.54, 1.807) is 32.0 Å². The lowest BCUT2D eigenvalue weighted by Gasteiger charge is -2.30. The van der Waals surface area contributed by atoms with Gasteiger partial charge in [-0.1, -0.05) is 0 Å². The Hall–Kier alpha value is -3.92. The molecule has 0 saturated carbocycles. The molecule has 0 unspecified atom stereocenters. The molecule has 6 rings (SSSR count). The third-order valence-electron chi connectivity index (χ3n) is 9.11. The van der Waals surface area contributed by atoms with Crippen LogP contribution in [-0.2, 0) is 31.6 Å². The molecule has 0 atom stereocenters. The number of ether oxygens (including phenoxy) is 2. The number of carbonyl (C=O) groups is 2. The molecule has 15 heteroatoms. The average molecular weight is 673 g/mol. The molecular formula is C32H38F2N6O6S. The standard InChI is InChI=1S/C32H38F2N6O6S/c1-32(2)28-26(18-40(32)47(43,44)24-15-20(33)14-21(34)16-24)29(38-37-28)36-31(42)25-5-4-23(46-22-6-10-39(3)11-7-22)17-27(25)35-30(41)19-8-12-45-13-9-19/h4-5,14-17,19,22H,6-13,18H2,1-3H3,(H,35,41)(H2,36,37,38,42). The Labute approximate surface area is 271 Å². The number of benzene rings is 2. The first-order chi connectivity index (χ1) is 22.3. The number of anilines is 2. The number of carbonyl (C=O) groups excluding carboxylic acids is 2. The Kier molecular flexibility index (Phi) is 9.09. The Morgan fingerprint density at radius 2 is 1.70 bits per heavy atom. The molecule has 47 heavy (non-hydrogen) atoms. The van der Waals surface area contributed by atoms with E-state index in [-0.39, 0.29) is 41.5 Å². The second-order valence-corrected chi connectivity index (χ2v) is 14.6. The fourth-order valence-electron chi connectivity index (χ4n) is 6.35. The van der Waals surface area contributed by atoms with Gasteiger partial charge in [-0.15, -0.1) is 0 Å². The van der Waals surface area contributed by atoms with Crippen LogP contribution in [-0.4, -0.2) is 79.1 Å². The van der Waals surface area contributed by atoms with E-state index >= 15 is 0 Å². The SMILES string of the molecule is CN1CCC(Oc2ccc(C(=O)Nc3n[nH]c4c3CN(S(=O)(=O)c3cc(F)cc(F)c3)C4(C)C)c(NC(=O)C3CCOCC3)c2)CC1. The van der Waals surface area contributed by atoms with E-state index in [1.807, 2.05) is 0 Å². The highest BCUT2D eigenvalue weighted by molar-refractivity contribution is 7.89. The summed E-state index contributed by atoms with van der Waals surface area (Å²) in [6.07, 6.45) is 2.84. The van der Waals surface area contributed by atoms with E-state index in [4.69, 9.17) is 9.47 Å². The minimum absolute atomic E-state index is 0.00279. The van der Waals surface area contributed by atoms with Crippen molar-refractivity contribution in [2.24, 2.45) is 5.92 Å². The maximum Gasteiger partial charge on any atom is 0.258 e. The van der Waals surface area contributed by atoms with Gasteiger partial charge < -0.3 is 25.0 Å². The van der Waals surface area contributed by atoms with E-state index in [0.29, 0.717) is 49.1 Å². The average Bonchev–Trinajstić information content (AvgIpc) is 3.56. The van der Waals surface area contributed by atoms with Crippen molar-refractivity contribution in [3.8, 4) is 5.75 Å². The lowest BCUT2D eigenvalue weighted by molar-refractivity contribution is -0.122. The van der Waals surface area contributed by atoms with Gasteiger partial charge in [0.15, 0.2) is 5.82 Å². The van der Waals surface area contributed by atoms with Crippen molar-refractivity contribution in [1.29, 1.82) is 0 Å². The van der Waals surface area contributed by atoms with Crippen LogP contribution in [0.4, 0.5) is 20.3 Å². The lowest BCUT2D eigenvalue weighted by atomic mass is 9.99. The van der Waals surface area contributed by atoms with Gasteiger partial charge in [0.2, 0.25) is 15.9 Å². The number of sulfonamides is 1. The molecule has 2 fully saturated rings. The molecule has 3 aromatic rings. The van der Waals surface area contributed by atoms with Crippen LogP contribution in [0.3, 0.4) is 0 Å². The smallest absolute Gasteiger partial charge is 0.258 e. The second-order valence-electron chi connectivity index (χ2n) is 12.8. The van der Waals surface area contributed by atoms with Gasteiger partial charge in [0.1, 0.15) is 23.5 Å². The Bertz CT molecular complexity index is 1760. The highest BCUT2D eigenvalue weighted by Gasteiger charge is 2.48. The lowest BCUT2D eigenvalue weighted by Crippen LogP contribution is -2.40. The number of amides is 2. The molecule has 3 N–H and O–H groups in total. The second kappa shape index (κ2) is 12.9. The zero-order valence-corrected chi connectivity index (χ0v) is 27.3. The molecule has 1 aromatic heterocycles. The van der Waals surface area contributed by atoms with Crippen LogP contribution in [0.2, 0.25) is 0 Å². The predicted octanol–water partition coefficient (Wildman–Crippen LogP) is 4.22. The highest BCUT2D eigenvalue weighted by atomic mass is 32.2. The van der Waals surface area contributed by atoms with Gasteiger partial charge in [0.05, 0.1) is 27.4 Å². The Balaban J connectivity index is 1.25. The van der Waals surface area contributed by atoms with E-state index < -0.39 is 38.0 Å². The predicted molar refractivity (Wildman–Crippen MR) is 168 cm³/mol. The van der Waals surface area contributed by atoms with E-state index in [1.165, 1.54) is 0 Å². The van der Waals surface area contributed by atoms with E-state index in [2.05, 4.69) is 32.8 Å². The summed E-state index contributed by atoms with van der Waals surface area (Å²) in [5.41, 5.74) is 0.0639. The number of piperidine rings is 1. The molecular weight excluding hydrogens is 634 g/mol. The number of hydrogen-bond acceptors (Lipinski definition) is 8. The van der Waals surface area contributed by atoms with Gasteiger partial charge in [-0.3, -0.25) is 14.7 Å². The fourth-order valence-corrected chi connectivity index (χ4v) is 8.12. The quantitative estimate of drug-likeness (QED) is 0.323. The maximum absolute atomic E-state index is 14.0. The number of hydrogen-bond donors (Lipinski definition) is 3. The molecule has 4 heterocycles. The van der Waals surface area contributed by atoms with Gasteiger partial charge in [-0.05, 0) is 70.8 Å². The van der Waals surface area contributed by atoms with Crippen LogP contribution in [0.5, 0.6) is 5.75 Å². The summed E-state index contributed by atoms with van der Waals surface area (Å²) in [7, 11) is -2.30. The van der Waals surface area contributed by atoms with Gasteiger partial charge in [0, 0.05) is 56.5 Å². The summed E-state index contributed by atoms with van der Waals surface area (Å²) >= 11 is 0. The third-order valence-corrected chi connectivity index (χ3v) is 11.1. The van der Waals surface area contributed by atoms with Crippen molar-refractivity contribution >= 4 is 33.3 Å². The zero-order valence-electron chi connectivity index (χ0n) is 26.4. The van der Waals surface area contributed by atoms with Crippen molar-refractivity contribution in [1.82, 2.24) is 19.4 Å². The van der Waals surface area contributed by atoms with Crippen molar-refractivity contribution in [2.45, 2.75) is 62.6 Å². The van der Waals surface area contributed by atoms with Gasteiger partial charge in [0.25, 0.3) is 5.91 Å². The zero-order chi connectivity index (χ0) is 33.5. The molecule has 3 aliphatic rings. The van der Waals surface area contributed by atoms with Crippen LogP contribution in [0, 0.1) is 17.6 Å². The minimum Gasteiger partial charge on any atom is -0.490 e. The number of H-pyrrole nitrogens is 1. The summed E-state index contributed by atoms with van der Waals surface area (Å²) in [5.74, 6) is -2.50. The molecule has 2 saturated heterocycles. The number of aromatic amines is 1. The molecule has 0 bridgehead atoms. The van der Waals surface area contributed by atoms with Gasteiger partial charge in [-0.2, -0.15) is 9.40 Å². The summed E-state index contributed by atoms with van der Waals surface area (Å²) in [5, 5.41) is 12.8. The number of halogens is 2. The summed E-state index contributed by atoms with van der Waals surface area (Å²) in [4.78, 5) is 28.7. The van der Waals surface area contributed by atoms with Crippen LogP contribution in [0.15, 0.2) is 41.3 Å². The Morgan fingerprint density at radius 1 is 1.02 bits per heavy atom. The number of rotatable bonds is 8. The molecule has 252 valence electrons. The first-order valence-corrected chi connectivity index (χ1v) is 17.0. The van der Waals surface area contributed by atoms with Crippen molar-refractivity contribution < 1.29 is 36.3 Å². The minimum atomic E-state index is -4.36. The summed E-state index contributed by atoms with van der Waals surface area (Å²) < 4.78 is 67.7. The fraction of sp³-hybridized carbons (Fsp3) is 0.469. The molecule has 0 aliphatic carbocycles. The van der Waals surface area contributed by atoms with Crippen molar-refractivity contribution in [3.05, 3.63) is 64.9 Å².